The van der Waals surface area contributed by atoms with Gasteiger partial charge in [0.1, 0.15) is 17.4 Å². The lowest BCUT2D eigenvalue weighted by molar-refractivity contribution is 0.369. The van der Waals surface area contributed by atoms with Crippen LogP contribution in [-0.2, 0) is 6.42 Å². The molecule has 0 spiro atoms. The number of benzene rings is 3. The Hall–Kier alpha value is -8.06. The largest absolute Gasteiger partial charge is 0.504 e. The van der Waals surface area contributed by atoms with Crippen LogP contribution in [0.25, 0.3) is 44.7 Å². The molecular weight excluding hydrogens is 769 g/mol. The topological polar surface area (TPSA) is 244 Å². The molecule has 1 aliphatic rings. The summed E-state index contributed by atoms with van der Waals surface area (Å²) in [6.45, 7) is 7.50. The van der Waals surface area contributed by atoms with Gasteiger partial charge in [-0.3, -0.25) is 15.3 Å². The fourth-order valence-corrected chi connectivity index (χ4v) is 7.07. The highest BCUT2D eigenvalue weighted by atomic mass is 16.5. The first kappa shape index (κ1) is 40.1. The summed E-state index contributed by atoms with van der Waals surface area (Å²) in [7, 11) is 3.11. The van der Waals surface area contributed by atoms with Crippen LogP contribution >= 0.6 is 0 Å². The minimum Gasteiger partial charge on any atom is -0.504 e. The summed E-state index contributed by atoms with van der Waals surface area (Å²) in [6, 6.07) is 26.0. The number of phenols is 1. The molecule has 0 saturated carbocycles. The summed E-state index contributed by atoms with van der Waals surface area (Å²) in [5.74, 6) is 1.19. The number of fused-ring (bicyclic) bond motifs is 3. The molecule has 6 N–H and O–H groups in total. The van der Waals surface area contributed by atoms with Crippen molar-refractivity contribution in [2.75, 3.05) is 14.2 Å². The second kappa shape index (κ2) is 16.8. The summed E-state index contributed by atoms with van der Waals surface area (Å²) in [5, 5.41) is 42.3. The van der Waals surface area contributed by atoms with Gasteiger partial charge in [-0.05, 0) is 79.8 Å². The number of nitriles is 1. The van der Waals surface area contributed by atoms with Crippen LogP contribution in [0.15, 0.2) is 109 Å². The zero-order chi connectivity index (χ0) is 42.7. The number of nitrogens with one attached hydrogen (secondary N) is 3. The Morgan fingerprint density at radius 1 is 0.783 bits per heavy atom. The molecule has 3 aromatic carbocycles. The Bertz CT molecular complexity index is 3040. The van der Waals surface area contributed by atoms with Crippen LogP contribution in [0.1, 0.15) is 46.4 Å². The van der Waals surface area contributed by atoms with Crippen molar-refractivity contribution in [3.05, 3.63) is 145 Å². The van der Waals surface area contributed by atoms with Crippen molar-refractivity contribution in [2.24, 2.45) is 5.73 Å². The molecule has 1 unspecified atom stereocenters. The molecule has 60 heavy (non-hydrogen) atoms. The van der Waals surface area contributed by atoms with Gasteiger partial charge in [0.25, 0.3) is 0 Å². The Morgan fingerprint density at radius 2 is 1.37 bits per heavy atom. The number of phenolic OH excluding ortho intramolecular Hbond substituents is 1. The lowest BCUT2D eigenvalue weighted by atomic mass is 9.83. The summed E-state index contributed by atoms with van der Waals surface area (Å²) in [4.78, 5) is 22.5. The molecule has 0 bridgehead atoms. The molecule has 16 heteroatoms. The lowest BCUT2D eigenvalue weighted by Gasteiger charge is -2.24. The normalized spacial score (nSPS) is 13.1. The van der Waals surface area contributed by atoms with Crippen molar-refractivity contribution in [3.63, 3.8) is 0 Å². The van der Waals surface area contributed by atoms with Gasteiger partial charge < -0.3 is 33.9 Å². The van der Waals surface area contributed by atoms with Crippen molar-refractivity contribution in [2.45, 2.75) is 40.0 Å². The van der Waals surface area contributed by atoms with E-state index in [0.29, 0.717) is 40.6 Å². The third kappa shape index (κ3) is 7.66. The second-order valence-corrected chi connectivity index (χ2v) is 13.7. The van der Waals surface area contributed by atoms with Gasteiger partial charge in [0.2, 0.25) is 23.2 Å². The standard InChI is InChI=1S/C17H18N4O3.C14H12N2O3.C13H10N2O2/c1-4-11-14-13(9-5-8(2)15(22)12(6-9)23-3)10(7-18)16(19)24-17(14)21-20-11;1-8-7-11(17)19-14-12(8)13(15-16-14)9-3-5-10(18-2)6-4-9;1-8-7-10(16)17-13-11(8)12(14-15-13)9-5-3-2-4-6-9/h5-6,13,22H,4,19H2,1-3H3,(H,20,21);3-7H,1-2H3,(H,15,16);2-7H,1H3,(H,14,15). The average molecular weight is 809 g/mol. The summed E-state index contributed by atoms with van der Waals surface area (Å²) in [5.41, 5.74) is 14.6. The Morgan fingerprint density at radius 3 is 1.90 bits per heavy atom. The van der Waals surface area contributed by atoms with Gasteiger partial charge in [-0.1, -0.05) is 43.3 Å². The molecule has 0 fully saturated rings. The van der Waals surface area contributed by atoms with E-state index < -0.39 is 11.5 Å². The molecule has 0 amide bonds. The quantitative estimate of drug-likeness (QED) is 0.112. The van der Waals surface area contributed by atoms with E-state index in [1.807, 2.05) is 81.4 Å². The molecule has 304 valence electrons. The number of hydrogen-bond acceptors (Lipinski definition) is 13. The number of nitrogens with zero attached hydrogens (tertiary/aromatic N) is 4. The van der Waals surface area contributed by atoms with Crippen molar-refractivity contribution in [1.29, 1.82) is 5.26 Å². The van der Waals surface area contributed by atoms with Crippen LogP contribution in [0, 0.1) is 32.1 Å². The van der Waals surface area contributed by atoms with Crippen LogP contribution in [0.3, 0.4) is 0 Å². The van der Waals surface area contributed by atoms with Gasteiger partial charge in [0.15, 0.2) is 11.5 Å². The minimum absolute atomic E-state index is 0.0360. The zero-order valence-electron chi connectivity index (χ0n) is 33.5. The van der Waals surface area contributed by atoms with E-state index in [4.69, 9.17) is 28.8 Å². The Labute approximate surface area is 341 Å². The molecular formula is C44H40N8O8. The first-order valence-electron chi connectivity index (χ1n) is 18.7. The second-order valence-electron chi connectivity index (χ2n) is 13.7. The molecule has 0 aliphatic carbocycles. The predicted molar refractivity (Wildman–Crippen MR) is 223 cm³/mol. The van der Waals surface area contributed by atoms with Crippen LogP contribution in [0.4, 0.5) is 0 Å². The molecule has 0 radical (unpaired) electrons. The van der Waals surface area contributed by atoms with Crippen molar-refractivity contribution in [1.82, 2.24) is 30.6 Å². The molecule has 16 nitrogen and oxygen atoms in total. The fraction of sp³-hybridized carbons (Fsp3) is 0.182. The van der Waals surface area contributed by atoms with E-state index >= 15 is 0 Å². The van der Waals surface area contributed by atoms with Crippen molar-refractivity contribution >= 4 is 22.2 Å². The van der Waals surface area contributed by atoms with Gasteiger partial charge in [0.05, 0.1) is 42.3 Å². The number of aromatic hydroxyl groups is 1. The summed E-state index contributed by atoms with van der Waals surface area (Å²) >= 11 is 0. The minimum atomic E-state index is -0.430. The number of ether oxygens (including phenoxy) is 3. The molecule has 0 saturated heterocycles. The highest BCUT2D eigenvalue weighted by Gasteiger charge is 2.35. The van der Waals surface area contributed by atoms with E-state index in [9.17, 15) is 20.0 Å². The number of rotatable bonds is 6. The van der Waals surface area contributed by atoms with Gasteiger partial charge in [-0.2, -0.15) is 5.26 Å². The van der Waals surface area contributed by atoms with Gasteiger partial charge in [-0.15, -0.1) is 15.3 Å². The van der Waals surface area contributed by atoms with E-state index in [-0.39, 0.29) is 17.3 Å². The maximum Gasteiger partial charge on any atom is 0.337 e. The van der Waals surface area contributed by atoms with Crippen LogP contribution in [0.5, 0.6) is 23.1 Å². The smallest absolute Gasteiger partial charge is 0.337 e. The molecule has 5 aromatic heterocycles. The monoisotopic (exact) mass is 808 g/mol. The molecule has 6 heterocycles. The van der Waals surface area contributed by atoms with Gasteiger partial charge >= 0.3 is 11.3 Å². The third-order valence-electron chi connectivity index (χ3n) is 9.97. The number of methoxy groups -OCH3 is 2. The maximum atomic E-state index is 11.3. The maximum absolute atomic E-state index is 11.3. The number of allylic oxidation sites excluding steroid dienone is 1. The van der Waals surface area contributed by atoms with E-state index in [1.165, 1.54) is 19.2 Å². The summed E-state index contributed by atoms with van der Waals surface area (Å²) in [6.07, 6.45) is 0.703. The SMILES string of the molecule is CCc1[nH]nc2c1C(c1cc(C)c(O)c(OC)c1)C(C#N)=C(N)O2.COc1ccc(-c2[nH]nc3oc(=O)cc(C)c23)cc1.Cc1cc(=O)oc2n[nH]c(-c3ccccc3)c12. The van der Waals surface area contributed by atoms with Crippen LogP contribution in [-0.4, -0.2) is 49.9 Å². The van der Waals surface area contributed by atoms with Gasteiger partial charge in [-0.25, -0.2) is 9.59 Å². The fourth-order valence-electron chi connectivity index (χ4n) is 7.07. The van der Waals surface area contributed by atoms with Crippen molar-refractivity contribution in [3.8, 4) is 51.7 Å². The highest BCUT2D eigenvalue weighted by Crippen LogP contribution is 2.45. The van der Waals surface area contributed by atoms with Gasteiger partial charge in [0, 0.05) is 34.5 Å². The van der Waals surface area contributed by atoms with Crippen molar-refractivity contribution < 1.29 is 28.2 Å². The van der Waals surface area contributed by atoms with Crippen LogP contribution < -0.4 is 31.2 Å². The first-order valence-corrected chi connectivity index (χ1v) is 18.7. The number of hydrogen-bond donors (Lipinski definition) is 5. The molecule has 1 atom stereocenters. The third-order valence-corrected chi connectivity index (χ3v) is 9.97. The lowest BCUT2D eigenvalue weighted by Crippen LogP contribution is -2.21. The molecule has 9 rings (SSSR count). The molecule has 8 aromatic rings. The van der Waals surface area contributed by atoms with E-state index in [2.05, 4.69) is 36.7 Å². The Balaban J connectivity index is 0.000000138. The van der Waals surface area contributed by atoms with E-state index in [0.717, 1.165) is 67.0 Å². The predicted octanol–water partition coefficient (Wildman–Crippen LogP) is 7.20. The number of nitrogens with two attached hydrogens (primary N) is 1. The molecule has 1 aliphatic heterocycles. The first-order chi connectivity index (χ1) is 29.0. The summed E-state index contributed by atoms with van der Waals surface area (Å²) < 4.78 is 26.0. The average Bonchev–Trinajstić information content (AvgIpc) is 3.99. The van der Waals surface area contributed by atoms with E-state index in [1.54, 1.807) is 20.1 Å². The zero-order valence-corrected chi connectivity index (χ0v) is 33.5. The number of H-pyrrole nitrogens is 3. The number of aromatic nitrogens is 6. The van der Waals surface area contributed by atoms with Crippen LogP contribution in [0.2, 0.25) is 0 Å². The highest BCUT2D eigenvalue weighted by molar-refractivity contribution is 5.93. The Kier molecular flexibility index (Phi) is 11.2. The number of aryl methyl sites for hydroxylation is 4. The number of aromatic amines is 3.